The number of aliphatic hydroxyl groups is 1. The smallest absolute Gasteiger partial charge is 0.309 e. The van der Waals surface area contributed by atoms with Crippen LogP contribution in [0.5, 0.6) is 0 Å². The number of allylic oxidation sites excluding steroid dienone is 2. The number of carbonyl (C=O) groups excluding carboxylic acids is 3. The number of hydrogen-bond acceptors (Lipinski definition) is 8. The summed E-state index contributed by atoms with van der Waals surface area (Å²) in [5.41, 5.74) is -0.845. The zero-order chi connectivity index (χ0) is 29.6. The lowest BCUT2D eigenvalue weighted by molar-refractivity contribution is -0.163. The van der Waals surface area contributed by atoms with Crippen molar-refractivity contribution in [1.82, 2.24) is 0 Å². The molecule has 0 heterocycles. The highest BCUT2D eigenvalue weighted by Gasteiger charge is 2.55. The van der Waals surface area contributed by atoms with Crippen LogP contribution < -0.4 is 0 Å². The van der Waals surface area contributed by atoms with E-state index in [0.29, 0.717) is 12.8 Å². The topological polar surface area (TPSA) is 136 Å². The summed E-state index contributed by atoms with van der Waals surface area (Å²) in [6, 6.07) is 0. The number of carboxylic acids is 1. The zero-order valence-electron chi connectivity index (χ0n) is 24.5. The first-order valence-corrected chi connectivity index (χ1v) is 13.8. The Hall–Kier alpha value is -2.68. The highest BCUT2D eigenvalue weighted by molar-refractivity contribution is 5.74. The Morgan fingerprint density at radius 2 is 1.72 bits per heavy atom. The predicted molar refractivity (Wildman–Crippen MR) is 144 cm³/mol. The van der Waals surface area contributed by atoms with Crippen LogP contribution in [0.15, 0.2) is 23.3 Å². The van der Waals surface area contributed by atoms with Crippen molar-refractivity contribution < 1.29 is 43.6 Å². The van der Waals surface area contributed by atoms with Crippen molar-refractivity contribution in [1.29, 1.82) is 0 Å². The van der Waals surface area contributed by atoms with E-state index < -0.39 is 53.5 Å². The maximum absolute atomic E-state index is 12.5. The van der Waals surface area contributed by atoms with E-state index in [1.807, 2.05) is 19.9 Å². The van der Waals surface area contributed by atoms with Gasteiger partial charge >= 0.3 is 23.9 Å². The van der Waals surface area contributed by atoms with Crippen LogP contribution in [0.1, 0.15) is 99.8 Å². The van der Waals surface area contributed by atoms with Crippen LogP contribution >= 0.6 is 0 Å². The van der Waals surface area contributed by atoms with Crippen molar-refractivity contribution in [3.8, 4) is 0 Å². The minimum absolute atomic E-state index is 0.0594. The summed E-state index contributed by atoms with van der Waals surface area (Å²) in [4.78, 5) is 47.6. The van der Waals surface area contributed by atoms with Gasteiger partial charge < -0.3 is 24.4 Å². The van der Waals surface area contributed by atoms with E-state index in [-0.39, 0.29) is 24.4 Å². The van der Waals surface area contributed by atoms with Crippen molar-refractivity contribution >= 4 is 23.9 Å². The molecule has 1 saturated carbocycles. The quantitative estimate of drug-likeness (QED) is 0.233. The van der Waals surface area contributed by atoms with Gasteiger partial charge in [0.15, 0.2) is 0 Å². The fraction of sp³-hybridized carbons (Fsp3) is 0.733. The molecule has 9 nitrogen and oxygen atoms in total. The Morgan fingerprint density at radius 1 is 1.05 bits per heavy atom. The summed E-state index contributed by atoms with van der Waals surface area (Å²) in [6.07, 6.45) is 7.02. The molecular formula is C30H46O9. The third-order valence-corrected chi connectivity index (χ3v) is 8.24. The highest BCUT2D eigenvalue weighted by atomic mass is 16.6. The molecule has 0 spiro atoms. The number of esters is 3. The molecule has 2 aliphatic rings. The van der Waals surface area contributed by atoms with E-state index in [9.17, 15) is 24.3 Å². The lowest BCUT2D eigenvalue weighted by atomic mass is 9.67. The van der Waals surface area contributed by atoms with Gasteiger partial charge in [0.25, 0.3) is 0 Å². The average Bonchev–Trinajstić information content (AvgIpc) is 3.10. The molecule has 0 bridgehead atoms. The van der Waals surface area contributed by atoms with Crippen molar-refractivity contribution in [3.63, 3.8) is 0 Å². The molecule has 0 aromatic carbocycles. The second-order valence-electron chi connectivity index (χ2n) is 12.3. The van der Waals surface area contributed by atoms with Gasteiger partial charge in [0.2, 0.25) is 0 Å². The van der Waals surface area contributed by atoms with E-state index in [1.165, 1.54) is 26.3 Å². The number of hydrogen-bond donors (Lipinski definition) is 2. The van der Waals surface area contributed by atoms with Crippen LogP contribution in [0.2, 0.25) is 0 Å². The van der Waals surface area contributed by atoms with Crippen LogP contribution in [0.3, 0.4) is 0 Å². The standard InChI is InChI=1S/C30H46O9/c1-19-9-8-10-22(18-37-27(35)17-29(6,36)16-26(33)34)15-25(38-20(2)31)30(7)14-13-23(24(30)12-11-19)28(4,5)39-21(3)32/h9,15,23-25,36H,8,10-14,16-18H2,1-7H3,(H,33,34)/b19-9+,22-15-/t23-,24+,25+,29+,30+/m1/s1. The van der Waals surface area contributed by atoms with E-state index in [2.05, 4.69) is 19.9 Å². The van der Waals surface area contributed by atoms with Gasteiger partial charge in [-0.2, -0.15) is 0 Å². The molecule has 1 fully saturated rings. The molecule has 39 heavy (non-hydrogen) atoms. The van der Waals surface area contributed by atoms with E-state index in [0.717, 1.165) is 31.3 Å². The van der Waals surface area contributed by atoms with Crippen LogP contribution in [0.25, 0.3) is 0 Å². The Balaban J connectivity index is 2.40. The fourth-order valence-electron chi connectivity index (χ4n) is 6.34. The first-order chi connectivity index (χ1) is 17.9. The third-order valence-electron chi connectivity index (χ3n) is 8.24. The summed E-state index contributed by atoms with van der Waals surface area (Å²) in [6.45, 7) is 12.1. The molecule has 2 rings (SSSR count). The first-order valence-electron chi connectivity index (χ1n) is 13.8. The van der Waals surface area contributed by atoms with Crippen molar-refractivity contribution in [2.75, 3.05) is 6.61 Å². The molecule has 0 aromatic rings. The van der Waals surface area contributed by atoms with Crippen LogP contribution in [-0.4, -0.2) is 58.0 Å². The van der Waals surface area contributed by atoms with Gasteiger partial charge in [-0.1, -0.05) is 18.6 Å². The van der Waals surface area contributed by atoms with Gasteiger partial charge in [-0.05, 0) is 83.8 Å². The number of aliphatic carboxylic acids is 1. The summed E-state index contributed by atoms with van der Waals surface area (Å²) < 4.78 is 17.2. The van der Waals surface area contributed by atoms with Crippen LogP contribution in [0, 0.1) is 17.3 Å². The second-order valence-corrected chi connectivity index (χ2v) is 12.3. The summed E-state index contributed by atoms with van der Waals surface area (Å²) in [7, 11) is 0. The molecular weight excluding hydrogens is 504 g/mol. The lowest BCUT2D eigenvalue weighted by Gasteiger charge is -2.43. The number of fused-ring (bicyclic) bond motifs is 1. The summed E-state index contributed by atoms with van der Waals surface area (Å²) >= 11 is 0. The van der Waals surface area contributed by atoms with Gasteiger partial charge in [0.05, 0.1) is 18.4 Å². The van der Waals surface area contributed by atoms with E-state index in [1.54, 1.807) is 0 Å². The summed E-state index contributed by atoms with van der Waals surface area (Å²) in [5.74, 6) is -2.51. The fourth-order valence-corrected chi connectivity index (χ4v) is 6.34. The molecule has 220 valence electrons. The number of rotatable bonds is 9. The molecule has 0 aliphatic heterocycles. The Labute approximate surface area is 232 Å². The SMILES string of the molecule is CC(=O)O[C@H]1/C=C(\COC(=O)C[C@@](C)(O)CC(=O)O)CC/C=C(\C)CC[C@H]2[C@H](C(C)(C)OC(C)=O)CC[C@]12C. The average molecular weight is 551 g/mol. The van der Waals surface area contributed by atoms with Gasteiger partial charge in [-0.3, -0.25) is 19.2 Å². The van der Waals surface area contributed by atoms with Gasteiger partial charge in [0, 0.05) is 25.2 Å². The largest absolute Gasteiger partial charge is 0.481 e. The van der Waals surface area contributed by atoms with Crippen LogP contribution in [-0.2, 0) is 33.4 Å². The van der Waals surface area contributed by atoms with Crippen molar-refractivity contribution in [2.45, 2.75) is 117 Å². The highest BCUT2D eigenvalue weighted by Crippen LogP contribution is 2.56. The summed E-state index contributed by atoms with van der Waals surface area (Å²) in [5, 5.41) is 19.2. The second kappa shape index (κ2) is 13.1. The molecule has 0 saturated heterocycles. The zero-order valence-corrected chi connectivity index (χ0v) is 24.5. The number of carbonyl (C=O) groups is 4. The normalized spacial score (nSPS) is 30.2. The van der Waals surface area contributed by atoms with Crippen molar-refractivity contribution in [2.24, 2.45) is 17.3 Å². The monoisotopic (exact) mass is 550 g/mol. The number of ether oxygens (including phenoxy) is 3. The van der Waals surface area contributed by atoms with E-state index in [4.69, 9.17) is 19.3 Å². The molecule has 0 radical (unpaired) electrons. The molecule has 0 aromatic heterocycles. The first kappa shape index (κ1) is 32.5. The van der Waals surface area contributed by atoms with Gasteiger partial charge in [-0.25, -0.2) is 0 Å². The van der Waals surface area contributed by atoms with Gasteiger partial charge in [0.1, 0.15) is 18.3 Å². The van der Waals surface area contributed by atoms with Gasteiger partial charge in [-0.15, -0.1) is 0 Å². The maximum Gasteiger partial charge on any atom is 0.309 e. The molecule has 0 amide bonds. The molecule has 2 aliphatic carbocycles. The van der Waals surface area contributed by atoms with Crippen molar-refractivity contribution in [3.05, 3.63) is 23.3 Å². The van der Waals surface area contributed by atoms with Crippen LogP contribution in [0.4, 0.5) is 0 Å². The molecule has 5 atom stereocenters. The molecule has 0 unspecified atom stereocenters. The maximum atomic E-state index is 12.5. The molecule has 9 heteroatoms. The Bertz CT molecular complexity index is 990. The Kier molecular flexibility index (Phi) is 10.9. The molecule has 2 N–H and O–H groups in total. The van der Waals surface area contributed by atoms with E-state index >= 15 is 0 Å². The minimum atomic E-state index is -1.72. The predicted octanol–water partition coefficient (Wildman–Crippen LogP) is 4.90. The third kappa shape index (κ3) is 9.48. The minimum Gasteiger partial charge on any atom is -0.481 e. The Morgan fingerprint density at radius 3 is 2.31 bits per heavy atom. The number of carboxylic acid groups (broad SMARTS) is 1. The lowest BCUT2D eigenvalue weighted by Crippen LogP contribution is -2.45.